The number of ether oxygens (including phenoxy) is 1. The van der Waals surface area contributed by atoms with Crippen LogP contribution in [-0.4, -0.2) is 58.7 Å². The molecule has 1 amide bonds. The van der Waals surface area contributed by atoms with E-state index < -0.39 is 0 Å². The molecule has 21 heavy (non-hydrogen) atoms. The third kappa shape index (κ3) is 5.14. The Hall–Kier alpha value is -1.38. The van der Waals surface area contributed by atoms with Gasteiger partial charge in [0.2, 0.25) is 0 Å². The molecule has 118 valence electrons. The van der Waals surface area contributed by atoms with Gasteiger partial charge >= 0.3 is 0 Å². The molecule has 2 unspecified atom stereocenters. The van der Waals surface area contributed by atoms with Crippen molar-refractivity contribution in [3.63, 3.8) is 0 Å². The van der Waals surface area contributed by atoms with E-state index in [-0.39, 0.29) is 41.6 Å². The molecule has 0 spiro atoms. The minimum atomic E-state index is -0.374. The van der Waals surface area contributed by atoms with Crippen LogP contribution in [0.15, 0.2) is 16.9 Å². The Balaban J connectivity index is 2.80. The Morgan fingerprint density at radius 3 is 2.86 bits per heavy atom. The van der Waals surface area contributed by atoms with Crippen LogP contribution in [0.1, 0.15) is 17.4 Å². The van der Waals surface area contributed by atoms with Crippen LogP contribution in [0.25, 0.3) is 0 Å². The van der Waals surface area contributed by atoms with Crippen LogP contribution in [-0.2, 0) is 11.3 Å². The van der Waals surface area contributed by atoms with Gasteiger partial charge < -0.3 is 15.2 Å². The van der Waals surface area contributed by atoms with E-state index in [9.17, 15) is 14.7 Å². The zero-order chi connectivity index (χ0) is 15.8. The van der Waals surface area contributed by atoms with Crippen LogP contribution in [0.2, 0.25) is 0 Å². The van der Waals surface area contributed by atoms with Gasteiger partial charge in [-0.25, -0.2) is 4.68 Å². The van der Waals surface area contributed by atoms with Gasteiger partial charge in [-0.2, -0.15) is 16.9 Å². The second-order valence-electron chi connectivity index (χ2n) is 4.49. The molecule has 1 rings (SSSR count). The highest BCUT2D eigenvalue weighted by molar-refractivity contribution is 7.99. The van der Waals surface area contributed by atoms with Crippen molar-refractivity contribution in [1.29, 1.82) is 0 Å². The number of aliphatic hydroxyl groups is 1. The lowest BCUT2D eigenvalue weighted by Crippen LogP contribution is -2.42. The largest absolute Gasteiger partial charge is 0.395 e. The lowest BCUT2D eigenvalue weighted by Gasteiger charge is -2.21. The number of carbonyl (C=O) groups excluding carboxylic acids is 1. The molecule has 0 bridgehead atoms. The predicted molar refractivity (Wildman–Crippen MR) is 81.7 cm³/mol. The normalized spacial score (nSPS) is 13.7. The van der Waals surface area contributed by atoms with E-state index in [1.807, 2.05) is 13.2 Å². The molecule has 1 aromatic heterocycles. The molecule has 0 aromatic carbocycles. The smallest absolute Gasteiger partial charge is 0.271 e. The van der Waals surface area contributed by atoms with Gasteiger partial charge in [0.05, 0.1) is 19.8 Å². The third-order valence-electron chi connectivity index (χ3n) is 3.01. The number of thioether (sulfide) groups is 1. The number of rotatable bonds is 8. The minimum Gasteiger partial charge on any atom is -0.395 e. The number of aliphatic hydroxyl groups excluding tert-OH is 1. The Bertz CT molecular complexity index is 516. The molecule has 0 saturated heterocycles. The van der Waals surface area contributed by atoms with Crippen molar-refractivity contribution >= 4 is 17.7 Å². The minimum absolute atomic E-state index is 0.0244. The fourth-order valence-corrected chi connectivity index (χ4v) is 2.34. The Kier molecular flexibility index (Phi) is 7.41. The van der Waals surface area contributed by atoms with Gasteiger partial charge in [0, 0.05) is 24.5 Å². The first kappa shape index (κ1) is 17.7. The van der Waals surface area contributed by atoms with E-state index in [1.54, 1.807) is 0 Å². The molecule has 0 fully saturated rings. The van der Waals surface area contributed by atoms with Crippen LogP contribution < -0.4 is 10.9 Å². The maximum absolute atomic E-state index is 12.1. The SMILES string of the molecule is COCCn1nc(C(=O)NC(C)C(CO)SC)ccc1=O. The monoisotopic (exact) mass is 315 g/mol. The van der Waals surface area contributed by atoms with E-state index in [1.165, 1.54) is 35.7 Å². The number of hydrogen-bond acceptors (Lipinski definition) is 6. The molecule has 1 heterocycles. The molecule has 7 nitrogen and oxygen atoms in total. The topological polar surface area (TPSA) is 93.5 Å². The van der Waals surface area contributed by atoms with Crippen LogP contribution in [0, 0.1) is 0 Å². The van der Waals surface area contributed by atoms with Crippen molar-refractivity contribution in [1.82, 2.24) is 15.1 Å². The van der Waals surface area contributed by atoms with Gasteiger partial charge in [-0.3, -0.25) is 9.59 Å². The van der Waals surface area contributed by atoms with Crippen molar-refractivity contribution < 1.29 is 14.6 Å². The van der Waals surface area contributed by atoms with Gasteiger partial charge in [-0.15, -0.1) is 0 Å². The molecular formula is C13H21N3O4S. The van der Waals surface area contributed by atoms with Crippen molar-refractivity contribution in [3.05, 3.63) is 28.2 Å². The number of nitrogens with zero attached hydrogens (tertiary/aromatic N) is 2. The van der Waals surface area contributed by atoms with E-state index in [0.29, 0.717) is 6.61 Å². The molecule has 1 aromatic rings. The molecule has 0 radical (unpaired) electrons. The number of methoxy groups -OCH3 is 1. The summed E-state index contributed by atoms with van der Waals surface area (Å²) in [5.74, 6) is -0.374. The Labute approximate surface area is 127 Å². The van der Waals surface area contributed by atoms with Gasteiger partial charge in [-0.1, -0.05) is 0 Å². The average Bonchev–Trinajstić information content (AvgIpc) is 2.47. The van der Waals surface area contributed by atoms with E-state index in [2.05, 4.69) is 10.4 Å². The van der Waals surface area contributed by atoms with Crippen molar-refractivity contribution in [2.75, 3.05) is 26.6 Å². The van der Waals surface area contributed by atoms with Crippen LogP contribution in [0.5, 0.6) is 0 Å². The van der Waals surface area contributed by atoms with Crippen LogP contribution in [0.3, 0.4) is 0 Å². The van der Waals surface area contributed by atoms with Gasteiger partial charge in [0.25, 0.3) is 11.5 Å². The number of carbonyl (C=O) groups is 1. The average molecular weight is 315 g/mol. The van der Waals surface area contributed by atoms with E-state index >= 15 is 0 Å². The summed E-state index contributed by atoms with van der Waals surface area (Å²) in [6.45, 7) is 2.42. The Morgan fingerprint density at radius 2 is 2.29 bits per heavy atom. The quantitative estimate of drug-likeness (QED) is 0.686. The summed E-state index contributed by atoms with van der Waals surface area (Å²) in [6.07, 6.45) is 1.87. The number of nitrogens with one attached hydrogen (secondary N) is 1. The van der Waals surface area contributed by atoms with Gasteiger partial charge in [0.1, 0.15) is 5.69 Å². The van der Waals surface area contributed by atoms with Crippen molar-refractivity contribution in [2.24, 2.45) is 0 Å². The number of amides is 1. The molecule has 0 aliphatic rings. The summed E-state index contributed by atoms with van der Waals surface area (Å²) in [6, 6.07) is 2.49. The number of hydrogen-bond donors (Lipinski definition) is 2. The molecule has 2 N–H and O–H groups in total. The second-order valence-corrected chi connectivity index (χ2v) is 5.57. The predicted octanol–water partition coefficient (Wildman–Crippen LogP) is -0.268. The third-order valence-corrected chi connectivity index (χ3v) is 4.17. The molecular weight excluding hydrogens is 294 g/mol. The fraction of sp³-hybridized carbons (Fsp3) is 0.615. The molecule has 0 aliphatic carbocycles. The fourth-order valence-electron chi connectivity index (χ4n) is 1.72. The first-order valence-electron chi connectivity index (χ1n) is 6.55. The lowest BCUT2D eigenvalue weighted by atomic mass is 10.2. The summed E-state index contributed by atoms with van der Waals surface area (Å²) in [5.41, 5.74) is -0.121. The Morgan fingerprint density at radius 1 is 1.57 bits per heavy atom. The van der Waals surface area contributed by atoms with E-state index in [4.69, 9.17) is 4.74 Å². The number of aromatic nitrogens is 2. The maximum Gasteiger partial charge on any atom is 0.271 e. The molecule has 8 heteroatoms. The van der Waals surface area contributed by atoms with Crippen molar-refractivity contribution in [3.8, 4) is 0 Å². The summed E-state index contributed by atoms with van der Waals surface area (Å²) < 4.78 is 6.09. The summed E-state index contributed by atoms with van der Waals surface area (Å²) in [5, 5.41) is 15.9. The highest BCUT2D eigenvalue weighted by Gasteiger charge is 2.19. The highest BCUT2D eigenvalue weighted by atomic mass is 32.2. The highest BCUT2D eigenvalue weighted by Crippen LogP contribution is 2.10. The van der Waals surface area contributed by atoms with Crippen molar-refractivity contribution in [2.45, 2.75) is 24.8 Å². The molecule has 2 atom stereocenters. The van der Waals surface area contributed by atoms with Gasteiger partial charge in [-0.05, 0) is 19.2 Å². The summed E-state index contributed by atoms with van der Waals surface area (Å²) in [4.78, 5) is 23.7. The van der Waals surface area contributed by atoms with Gasteiger partial charge in [0.15, 0.2) is 0 Å². The second kappa shape index (κ2) is 8.81. The zero-order valence-electron chi connectivity index (χ0n) is 12.4. The molecule has 0 aliphatic heterocycles. The summed E-state index contributed by atoms with van der Waals surface area (Å²) in [7, 11) is 1.53. The zero-order valence-corrected chi connectivity index (χ0v) is 13.2. The molecule has 0 saturated carbocycles. The standard InChI is InChI=1S/C13H21N3O4S/c1-9(11(8-17)21-3)14-13(19)10-4-5-12(18)16(15-10)6-7-20-2/h4-5,9,11,17H,6-8H2,1-3H3,(H,14,19). The first-order chi connectivity index (χ1) is 10.0. The van der Waals surface area contributed by atoms with Crippen LogP contribution >= 0.6 is 11.8 Å². The first-order valence-corrected chi connectivity index (χ1v) is 7.83. The van der Waals surface area contributed by atoms with E-state index in [0.717, 1.165) is 0 Å². The lowest BCUT2D eigenvalue weighted by molar-refractivity contribution is 0.0927. The summed E-state index contributed by atoms with van der Waals surface area (Å²) >= 11 is 1.48. The maximum atomic E-state index is 12.1. The van der Waals surface area contributed by atoms with Crippen LogP contribution in [0.4, 0.5) is 0 Å².